The number of hydrogen-bond donors (Lipinski definition) is 1. The number of hydrogen-bond acceptors (Lipinski definition) is 4. The molecule has 0 spiro atoms. The number of ether oxygens (including phenoxy) is 1. The molecule has 0 bridgehead atoms. The van der Waals surface area contributed by atoms with Gasteiger partial charge in [-0.3, -0.25) is 19.5 Å². The second kappa shape index (κ2) is 7.73. The van der Waals surface area contributed by atoms with Crippen molar-refractivity contribution >= 4 is 11.9 Å². The summed E-state index contributed by atoms with van der Waals surface area (Å²) in [6.07, 6.45) is 4.15. The Hall–Kier alpha value is -3.09. The van der Waals surface area contributed by atoms with Crippen LogP contribution in [-0.2, 0) is 9.53 Å². The Balaban J connectivity index is 1.55. The Morgan fingerprint density at radius 2 is 1.93 bits per heavy atom. The maximum atomic E-state index is 13.1. The molecule has 1 aromatic carbocycles. The van der Waals surface area contributed by atoms with Gasteiger partial charge in [0.15, 0.2) is 0 Å². The SMILES string of the molecule is CCOC(=O)[C@@H]1[C@H]2CN(C(=O)c3cc(=O)n(-c4ccccc4)[nH]3)C[C@@H]2C=C[C@@H]1C. The van der Waals surface area contributed by atoms with E-state index >= 15 is 0 Å². The molecule has 1 fully saturated rings. The van der Waals surface area contributed by atoms with Crippen molar-refractivity contribution in [2.75, 3.05) is 19.7 Å². The molecule has 0 unspecified atom stereocenters. The lowest BCUT2D eigenvalue weighted by molar-refractivity contribution is -0.152. The molecule has 1 N–H and O–H groups in total. The topological polar surface area (TPSA) is 84.4 Å². The van der Waals surface area contributed by atoms with Crippen LogP contribution >= 0.6 is 0 Å². The number of H-pyrrole nitrogens is 1. The summed E-state index contributed by atoms with van der Waals surface area (Å²) in [6, 6.07) is 10.5. The van der Waals surface area contributed by atoms with Crippen LogP contribution < -0.4 is 5.56 Å². The fourth-order valence-electron chi connectivity index (χ4n) is 4.50. The van der Waals surface area contributed by atoms with E-state index in [9.17, 15) is 14.4 Å². The highest BCUT2D eigenvalue weighted by atomic mass is 16.5. The first-order valence-electron chi connectivity index (χ1n) is 10.0. The predicted octanol–water partition coefficient (Wildman–Crippen LogP) is 2.24. The van der Waals surface area contributed by atoms with Gasteiger partial charge in [0.1, 0.15) is 5.69 Å². The Kier molecular flexibility index (Phi) is 5.13. The summed E-state index contributed by atoms with van der Waals surface area (Å²) < 4.78 is 6.64. The van der Waals surface area contributed by atoms with Crippen molar-refractivity contribution in [3.05, 3.63) is 64.6 Å². The molecule has 2 aliphatic rings. The molecule has 4 rings (SSSR count). The summed E-state index contributed by atoms with van der Waals surface area (Å²) in [5, 5.41) is 2.92. The van der Waals surface area contributed by atoms with Gasteiger partial charge in [-0.1, -0.05) is 37.3 Å². The molecular weight excluding hydrogens is 370 g/mol. The third-order valence-electron chi connectivity index (χ3n) is 5.91. The van der Waals surface area contributed by atoms with Crippen LogP contribution in [0.2, 0.25) is 0 Å². The summed E-state index contributed by atoms with van der Waals surface area (Å²) in [5.74, 6) is -0.458. The molecule has 1 saturated heterocycles. The number of amides is 1. The van der Waals surface area contributed by atoms with Crippen LogP contribution in [0.1, 0.15) is 24.3 Å². The first-order valence-corrected chi connectivity index (χ1v) is 10.0. The zero-order chi connectivity index (χ0) is 20.5. The maximum Gasteiger partial charge on any atom is 0.309 e. The van der Waals surface area contributed by atoms with E-state index in [0.29, 0.717) is 25.4 Å². The lowest BCUT2D eigenvalue weighted by atomic mass is 9.72. The molecule has 0 radical (unpaired) electrons. The van der Waals surface area contributed by atoms with E-state index in [0.717, 1.165) is 0 Å². The first kappa shape index (κ1) is 19.2. The van der Waals surface area contributed by atoms with Gasteiger partial charge in [-0.25, -0.2) is 4.68 Å². The number of allylic oxidation sites excluding steroid dienone is 1. The molecule has 1 aliphatic heterocycles. The number of rotatable bonds is 4. The number of aromatic nitrogens is 2. The van der Waals surface area contributed by atoms with Crippen molar-refractivity contribution in [1.82, 2.24) is 14.7 Å². The Bertz CT molecular complexity index is 991. The number of likely N-dealkylation sites (tertiary alicyclic amines) is 1. The van der Waals surface area contributed by atoms with Crippen LogP contribution in [0.25, 0.3) is 5.69 Å². The van der Waals surface area contributed by atoms with Gasteiger partial charge in [0.2, 0.25) is 0 Å². The minimum absolute atomic E-state index is 0.0286. The number of aromatic amines is 1. The summed E-state index contributed by atoms with van der Waals surface area (Å²) >= 11 is 0. The van der Waals surface area contributed by atoms with E-state index in [1.165, 1.54) is 10.7 Å². The van der Waals surface area contributed by atoms with Gasteiger partial charge >= 0.3 is 5.97 Å². The Morgan fingerprint density at radius 1 is 1.17 bits per heavy atom. The molecule has 29 heavy (non-hydrogen) atoms. The molecule has 152 valence electrons. The van der Waals surface area contributed by atoms with Crippen LogP contribution in [0, 0.1) is 23.7 Å². The van der Waals surface area contributed by atoms with E-state index in [4.69, 9.17) is 4.74 Å². The van der Waals surface area contributed by atoms with Crippen LogP contribution in [0.3, 0.4) is 0 Å². The van der Waals surface area contributed by atoms with Gasteiger partial charge in [0.05, 0.1) is 18.2 Å². The standard InChI is InChI=1S/C22H25N3O4/c1-3-29-22(28)20-14(2)9-10-15-12-24(13-17(15)20)21(27)18-11-19(26)25(23-18)16-7-5-4-6-8-16/h4-11,14-15,17,20,23H,3,12-13H2,1-2H3/t14-,15-,17-,20-/m0/s1. The highest BCUT2D eigenvalue weighted by Crippen LogP contribution is 2.40. The average molecular weight is 395 g/mol. The van der Waals surface area contributed by atoms with Crippen molar-refractivity contribution in [2.45, 2.75) is 13.8 Å². The number of fused-ring (bicyclic) bond motifs is 1. The molecule has 0 saturated carbocycles. The largest absolute Gasteiger partial charge is 0.466 e. The Morgan fingerprint density at radius 3 is 2.66 bits per heavy atom. The van der Waals surface area contributed by atoms with Crippen LogP contribution in [0.4, 0.5) is 0 Å². The van der Waals surface area contributed by atoms with Gasteiger partial charge in [0, 0.05) is 19.2 Å². The van der Waals surface area contributed by atoms with Crippen molar-refractivity contribution in [2.24, 2.45) is 23.7 Å². The minimum Gasteiger partial charge on any atom is -0.466 e. The molecular formula is C22H25N3O4. The van der Waals surface area contributed by atoms with Gasteiger partial charge in [-0.15, -0.1) is 0 Å². The second-order valence-electron chi connectivity index (χ2n) is 7.74. The van der Waals surface area contributed by atoms with Gasteiger partial charge in [-0.2, -0.15) is 0 Å². The van der Waals surface area contributed by atoms with E-state index in [2.05, 4.69) is 11.2 Å². The van der Waals surface area contributed by atoms with Crippen molar-refractivity contribution < 1.29 is 14.3 Å². The monoisotopic (exact) mass is 395 g/mol. The lowest BCUT2D eigenvalue weighted by Crippen LogP contribution is -2.37. The number of nitrogens with one attached hydrogen (secondary N) is 1. The number of esters is 1. The zero-order valence-electron chi connectivity index (χ0n) is 16.6. The average Bonchev–Trinajstić information content (AvgIpc) is 3.32. The summed E-state index contributed by atoms with van der Waals surface area (Å²) in [7, 11) is 0. The number of nitrogens with zero attached hydrogens (tertiary/aromatic N) is 2. The summed E-state index contributed by atoms with van der Waals surface area (Å²) in [5.41, 5.74) is 0.641. The molecule has 7 nitrogen and oxygen atoms in total. The van der Waals surface area contributed by atoms with E-state index in [1.54, 1.807) is 24.0 Å². The molecule has 1 aromatic heterocycles. The molecule has 1 aliphatic carbocycles. The van der Waals surface area contributed by atoms with Crippen LogP contribution in [-0.4, -0.2) is 46.3 Å². The smallest absolute Gasteiger partial charge is 0.309 e. The fraction of sp³-hybridized carbons (Fsp3) is 0.409. The number of carbonyl (C=O) groups is 2. The molecule has 2 aromatic rings. The number of carbonyl (C=O) groups excluding carboxylic acids is 2. The van der Waals surface area contributed by atoms with E-state index < -0.39 is 0 Å². The van der Waals surface area contributed by atoms with Gasteiger partial charge < -0.3 is 9.64 Å². The highest BCUT2D eigenvalue weighted by Gasteiger charge is 2.46. The minimum atomic E-state index is -0.283. The van der Waals surface area contributed by atoms with Crippen molar-refractivity contribution in [3.63, 3.8) is 0 Å². The first-order chi connectivity index (χ1) is 14.0. The lowest BCUT2D eigenvalue weighted by Gasteiger charge is -2.31. The zero-order valence-corrected chi connectivity index (χ0v) is 16.6. The molecule has 4 atom stereocenters. The van der Waals surface area contributed by atoms with E-state index in [1.807, 2.05) is 31.2 Å². The normalized spacial score (nSPS) is 25.7. The maximum absolute atomic E-state index is 13.1. The third kappa shape index (κ3) is 3.52. The van der Waals surface area contributed by atoms with Gasteiger partial charge in [-0.05, 0) is 36.8 Å². The second-order valence-corrected chi connectivity index (χ2v) is 7.74. The van der Waals surface area contributed by atoms with Crippen molar-refractivity contribution in [1.29, 1.82) is 0 Å². The quantitative estimate of drug-likeness (QED) is 0.636. The fourth-order valence-corrected chi connectivity index (χ4v) is 4.50. The van der Waals surface area contributed by atoms with Crippen molar-refractivity contribution in [3.8, 4) is 5.69 Å². The van der Waals surface area contributed by atoms with Crippen LogP contribution in [0.5, 0.6) is 0 Å². The molecule has 1 amide bonds. The molecule has 2 heterocycles. The summed E-state index contributed by atoms with van der Waals surface area (Å²) in [6.45, 7) is 5.16. The summed E-state index contributed by atoms with van der Waals surface area (Å²) in [4.78, 5) is 39.6. The Labute approximate surface area is 168 Å². The van der Waals surface area contributed by atoms with E-state index in [-0.39, 0.29) is 46.8 Å². The van der Waals surface area contributed by atoms with Crippen LogP contribution in [0.15, 0.2) is 53.3 Å². The molecule has 7 heteroatoms. The van der Waals surface area contributed by atoms with Gasteiger partial charge in [0.25, 0.3) is 11.5 Å². The number of benzene rings is 1. The third-order valence-corrected chi connectivity index (χ3v) is 5.91. The predicted molar refractivity (Wildman–Crippen MR) is 108 cm³/mol. The highest BCUT2D eigenvalue weighted by molar-refractivity contribution is 5.92. The number of para-hydroxylation sites is 1.